The summed E-state index contributed by atoms with van der Waals surface area (Å²) in [5.74, 6) is 2.10. The SMILES string of the molecule is CC(C)Cc1nc2ccc(C(C)CN)cc2[nH]1. The van der Waals surface area contributed by atoms with E-state index in [1.54, 1.807) is 0 Å². The second-order valence-corrected chi connectivity index (χ2v) is 5.19. The lowest BCUT2D eigenvalue weighted by Gasteiger charge is -2.07. The number of imidazole rings is 1. The van der Waals surface area contributed by atoms with Gasteiger partial charge < -0.3 is 10.7 Å². The summed E-state index contributed by atoms with van der Waals surface area (Å²) < 4.78 is 0. The molecule has 92 valence electrons. The summed E-state index contributed by atoms with van der Waals surface area (Å²) in [6.45, 7) is 7.23. The van der Waals surface area contributed by atoms with E-state index in [4.69, 9.17) is 5.73 Å². The van der Waals surface area contributed by atoms with Crippen LogP contribution in [0.5, 0.6) is 0 Å². The average Bonchev–Trinajstić information content (AvgIpc) is 2.67. The van der Waals surface area contributed by atoms with Crippen LogP contribution in [0.1, 0.15) is 38.1 Å². The molecular weight excluding hydrogens is 210 g/mol. The van der Waals surface area contributed by atoms with Crippen molar-refractivity contribution in [3.8, 4) is 0 Å². The molecule has 0 aliphatic carbocycles. The number of H-pyrrole nitrogens is 1. The molecule has 3 N–H and O–H groups in total. The highest BCUT2D eigenvalue weighted by molar-refractivity contribution is 5.76. The van der Waals surface area contributed by atoms with Crippen molar-refractivity contribution in [2.75, 3.05) is 6.54 Å². The third kappa shape index (κ3) is 2.67. The van der Waals surface area contributed by atoms with Gasteiger partial charge >= 0.3 is 0 Å². The molecule has 1 aromatic carbocycles. The van der Waals surface area contributed by atoms with Gasteiger partial charge in [0.25, 0.3) is 0 Å². The van der Waals surface area contributed by atoms with Crippen molar-refractivity contribution in [2.24, 2.45) is 11.7 Å². The summed E-state index contributed by atoms with van der Waals surface area (Å²) >= 11 is 0. The zero-order chi connectivity index (χ0) is 12.4. The minimum Gasteiger partial charge on any atom is -0.342 e. The van der Waals surface area contributed by atoms with E-state index in [2.05, 4.69) is 48.9 Å². The molecule has 0 fully saturated rings. The van der Waals surface area contributed by atoms with E-state index >= 15 is 0 Å². The lowest BCUT2D eigenvalue weighted by atomic mass is 10.0. The van der Waals surface area contributed by atoms with Crippen LogP contribution in [0.3, 0.4) is 0 Å². The van der Waals surface area contributed by atoms with Crippen molar-refractivity contribution in [2.45, 2.75) is 33.1 Å². The molecule has 2 rings (SSSR count). The number of aromatic nitrogens is 2. The van der Waals surface area contributed by atoms with Gasteiger partial charge in [-0.05, 0) is 36.1 Å². The van der Waals surface area contributed by atoms with E-state index in [1.807, 2.05) is 0 Å². The first-order valence-corrected chi connectivity index (χ1v) is 6.28. The summed E-state index contributed by atoms with van der Waals surface area (Å²) in [4.78, 5) is 7.99. The summed E-state index contributed by atoms with van der Waals surface area (Å²) in [5.41, 5.74) is 9.14. The van der Waals surface area contributed by atoms with Gasteiger partial charge in [0.2, 0.25) is 0 Å². The number of aromatic amines is 1. The van der Waals surface area contributed by atoms with Crippen molar-refractivity contribution in [3.05, 3.63) is 29.6 Å². The Kier molecular flexibility index (Phi) is 3.48. The van der Waals surface area contributed by atoms with Gasteiger partial charge in [-0.2, -0.15) is 0 Å². The lowest BCUT2D eigenvalue weighted by Crippen LogP contribution is -2.08. The zero-order valence-electron chi connectivity index (χ0n) is 10.8. The molecule has 0 aliphatic heterocycles. The number of fused-ring (bicyclic) bond motifs is 1. The van der Waals surface area contributed by atoms with Gasteiger partial charge in [0.1, 0.15) is 5.82 Å². The molecule has 2 aromatic rings. The van der Waals surface area contributed by atoms with Crippen LogP contribution in [0.4, 0.5) is 0 Å². The topological polar surface area (TPSA) is 54.7 Å². The largest absolute Gasteiger partial charge is 0.342 e. The van der Waals surface area contributed by atoms with Crippen molar-refractivity contribution >= 4 is 11.0 Å². The van der Waals surface area contributed by atoms with Gasteiger partial charge in [-0.25, -0.2) is 4.98 Å². The van der Waals surface area contributed by atoms with Crippen LogP contribution in [0.15, 0.2) is 18.2 Å². The minimum atomic E-state index is 0.399. The molecule has 17 heavy (non-hydrogen) atoms. The van der Waals surface area contributed by atoms with E-state index in [0.29, 0.717) is 18.4 Å². The molecule has 0 aliphatic rings. The molecule has 3 nitrogen and oxygen atoms in total. The van der Waals surface area contributed by atoms with Crippen LogP contribution in [-0.4, -0.2) is 16.5 Å². The van der Waals surface area contributed by atoms with Gasteiger partial charge in [0.15, 0.2) is 0 Å². The first-order valence-electron chi connectivity index (χ1n) is 6.28. The number of benzene rings is 1. The highest BCUT2D eigenvalue weighted by Gasteiger charge is 2.08. The van der Waals surface area contributed by atoms with Crippen LogP contribution in [-0.2, 0) is 6.42 Å². The first kappa shape index (κ1) is 12.1. The molecule has 1 unspecified atom stereocenters. The summed E-state index contributed by atoms with van der Waals surface area (Å²) in [5, 5.41) is 0. The van der Waals surface area contributed by atoms with Crippen molar-refractivity contribution < 1.29 is 0 Å². The molecule has 1 heterocycles. The van der Waals surface area contributed by atoms with Crippen LogP contribution in [0, 0.1) is 5.92 Å². The average molecular weight is 231 g/mol. The Hall–Kier alpha value is -1.35. The van der Waals surface area contributed by atoms with Crippen molar-refractivity contribution in [1.82, 2.24) is 9.97 Å². The Bertz CT molecular complexity index is 499. The van der Waals surface area contributed by atoms with Gasteiger partial charge in [-0.1, -0.05) is 26.8 Å². The molecule has 0 spiro atoms. The number of nitrogens with zero attached hydrogens (tertiary/aromatic N) is 1. The normalized spacial score (nSPS) is 13.5. The zero-order valence-corrected chi connectivity index (χ0v) is 10.8. The number of nitrogens with two attached hydrogens (primary N) is 1. The maximum Gasteiger partial charge on any atom is 0.107 e. The van der Waals surface area contributed by atoms with Crippen LogP contribution in [0.2, 0.25) is 0 Å². The van der Waals surface area contributed by atoms with Gasteiger partial charge in [-0.15, -0.1) is 0 Å². The predicted molar refractivity (Wildman–Crippen MR) is 72.1 cm³/mol. The van der Waals surface area contributed by atoms with Gasteiger partial charge in [0.05, 0.1) is 11.0 Å². The van der Waals surface area contributed by atoms with Crippen LogP contribution in [0.25, 0.3) is 11.0 Å². The maximum absolute atomic E-state index is 5.69. The van der Waals surface area contributed by atoms with Crippen LogP contribution >= 0.6 is 0 Å². The van der Waals surface area contributed by atoms with E-state index in [9.17, 15) is 0 Å². The first-order chi connectivity index (χ1) is 8.10. The summed E-state index contributed by atoms with van der Waals surface area (Å²) in [6.07, 6.45) is 0.996. The molecular formula is C14H21N3. The third-order valence-electron chi connectivity index (χ3n) is 3.08. The standard InChI is InChI=1S/C14H21N3/c1-9(2)6-14-16-12-5-4-11(10(3)8-15)7-13(12)17-14/h4-5,7,9-10H,6,8,15H2,1-3H3,(H,16,17). The Morgan fingerprint density at radius 1 is 1.29 bits per heavy atom. The molecule has 1 aromatic heterocycles. The Labute approximate surface area is 102 Å². The Balaban J connectivity index is 2.34. The molecule has 0 bridgehead atoms. The van der Waals surface area contributed by atoms with Crippen molar-refractivity contribution in [1.29, 1.82) is 0 Å². The minimum absolute atomic E-state index is 0.399. The smallest absolute Gasteiger partial charge is 0.107 e. The highest BCUT2D eigenvalue weighted by Crippen LogP contribution is 2.20. The monoisotopic (exact) mass is 231 g/mol. The predicted octanol–water partition coefficient (Wildman–Crippen LogP) is 2.82. The Morgan fingerprint density at radius 2 is 2.06 bits per heavy atom. The third-order valence-corrected chi connectivity index (χ3v) is 3.08. The summed E-state index contributed by atoms with van der Waals surface area (Å²) in [7, 11) is 0. The highest BCUT2D eigenvalue weighted by atomic mass is 14.9. The molecule has 3 heteroatoms. The fraction of sp³-hybridized carbons (Fsp3) is 0.500. The number of rotatable bonds is 4. The second kappa shape index (κ2) is 4.88. The maximum atomic E-state index is 5.69. The molecule has 0 radical (unpaired) electrons. The van der Waals surface area contributed by atoms with Crippen LogP contribution < -0.4 is 5.73 Å². The quantitative estimate of drug-likeness (QED) is 0.850. The van der Waals surface area contributed by atoms with Gasteiger partial charge in [0, 0.05) is 6.42 Å². The number of hydrogen-bond acceptors (Lipinski definition) is 2. The lowest BCUT2D eigenvalue weighted by molar-refractivity contribution is 0.627. The van der Waals surface area contributed by atoms with E-state index in [-0.39, 0.29) is 0 Å². The van der Waals surface area contributed by atoms with Gasteiger partial charge in [-0.3, -0.25) is 0 Å². The second-order valence-electron chi connectivity index (χ2n) is 5.19. The molecule has 0 saturated heterocycles. The van der Waals surface area contributed by atoms with E-state index in [1.165, 1.54) is 5.56 Å². The van der Waals surface area contributed by atoms with E-state index in [0.717, 1.165) is 23.3 Å². The molecule has 0 saturated carbocycles. The summed E-state index contributed by atoms with van der Waals surface area (Å²) in [6, 6.07) is 6.38. The molecule has 1 atom stereocenters. The number of nitrogens with one attached hydrogen (secondary N) is 1. The Morgan fingerprint density at radius 3 is 2.71 bits per heavy atom. The van der Waals surface area contributed by atoms with Crippen molar-refractivity contribution in [3.63, 3.8) is 0 Å². The fourth-order valence-corrected chi connectivity index (χ4v) is 2.01. The number of hydrogen-bond donors (Lipinski definition) is 2. The fourth-order valence-electron chi connectivity index (χ4n) is 2.01. The molecule has 0 amide bonds. The van der Waals surface area contributed by atoms with E-state index < -0.39 is 0 Å².